The Morgan fingerprint density at radius 3 is 2.87 bits per heavy atom. The van der Waals surface area contributed by atoms with Crippen LogP contribution in [0.2, 0.25) is 0 Å². The second kappa shape index (κ2) is 6.03. The molecule has 4 heteroatoms. The summed E-state index contributed by atoms with van der Waals surface area (Å²) in [6, 6.07) is 10.1. The zero-order chi connectivity index (χ0) is 15.6. The van der Waals surface area contributed by atoms with Crippen molar-refractivity contribution >= 4 is 11.7 Å². The highest BCUT2D eigenvalue weighted by Gasteiger charge is 2.20. The van der Waals surface area contributed by atoms with Gasteiger partial charge in [-0.25, -0.2) is 4.98 Å². The molecule has 4 rings (SSSR count). The van der Waals surface area contributed by atoms with Crippen molar-refractivity contribution in [1.29, 1.82) is 0 Å². The van der Waals surface area contributed by atoms with E-state index in [2.05, 4.69) is 22.4 Å². The van der Waals surface area contributed by atoms with Gasteiger partial charge in [0.25, 0.3) is 5.91 Å². The third kappa shape index (κ3) is 2.69. The van der Waals surface area contributed by atoms with Gasteiger partial charge in [0, 0.05) is 37.0 Å². The molecule has 1 aromatic heterocycles. The Morgan fingerprint density at radius 1 is 1.13 bits per heavy atom. The normalized spacial score (nSPS) is 16.8. The van der Waals surface area contributed by atoms with Gasteiger partial charge in [0.1, 0.15) is 5.82 Å². The van der Waals surface area contributed by atoms with Crippen LogP contribution in [-0.4, -0.2) is 35.4 Å². The van der Waals surface area contributed by atoms with Crippen LogP contribution in [0, 0.1) is 0 Å². The summed E-state index contributed by atoms with van der Waals surface area (Å²) >= 11 is 0. The number of anilines is 1. The van der Waals surface area contributed by atoms with Crippen LogP contribution in [0.1, 0.15) is 35.2 Å². The highest BCUT2D eigenvalue weighted by atomic mass is 16.2. The molecule has 1 fully saturated rings. The molecule has 1 aromatic carbocycles. The Labute approximate surface area is 136 Å². The topological polar surface area (TPSA) is 45.2 Å². The maximum atomic E-state index is 12.7. The lowest BCUT2D eigenvalue weighted by Crippen LogP contribution is -2.35. The van der Waals surface area contributed by atoms with E-state index in [4.69, 9.17) is 0 Å². The first-order valence-electron chi connectivity index (χ1n) is 8.44. The summed E-state index contributed by atoms with van der Waals surface area (Å²) in [7, 11) is 0. The van der Waals surface area contributed by atoms with Crippen LogP contribution in [0.15, 0.2) is 36.5 Å². The lowest BCUT2D eigenvalue weighted by molar-refractivity contribution is 0.0724. The molecule has 2 aromatic rings. The molecule has 2 aliphatic rings. The molecule has 4 nitrogen and oxygen atoms in total. The summed E-state index contributed by atoms with van der Waals surface area (Å²) in [6.45, 7) is 2.71. The van der Waals surface area contributed by atoms with Crippen molar-refractivity contribution in [2.75, 3.05) is 25.0 Å². The Bertz CT molecular complexity index is 735. The van der Waals surface area contributed by atoms with Gasteiger partial charge in [-0.3, -0.25) is 4.79 Å². The van der Waals surface area contributed by atoms with Crippen molar-refractivity contribution in [3.63, 3.8) is 0 Å². The van der Waals surface area contributed by atoms with Gasteiger partial charge in [-0.2, -0.15) is 0 Å². The molecule has 1 saturated heterocycles. The van der Waals surface area contributed by atoms with Crippen LogP contribution in [0.3, 0.4) is 0 Å². The average molecular weight is 307 g/mol. The summed E-state index contributed by atoms with van der Waals surface area (Å²) < 4.78 is 0. The summed E-state index contributed by atoms with van der Waals surface area (Å²) in [5.74, 6) is 1.14. The van der Waals surface area contributed by atoms with Crippen LogP contribution in [0.25, 0.3) is 11.1 Å². The molecule has 0 bridgehead atoms. The number of nitrogens with zero attached hydrogens (tertiary/aromatic N) is 2. The monoisotopic (exact) mass is 307 g/mol. The van der Waals surface area contributed by atoms with Gasteiger partial charge in [0.15, 0.2) is 0 Å². The second-order valence-electron chi connectivity index (χ2n) is 6.30. The first-order valence-corrected chi connectivity index (χ1v) is 8.44. The fraction of sp³-hybridized carbons (Fsp3) is 0.368. The zero-order valence-electron chi connectivity index (χ0n) is 13.2. The van der Waals surface area contributed by atoms with Crippen molar-refractivity contribution in [3.05, 3.63) is 47.7 Å². The van der Waals surface area contributed by atoms with E-state index in [1.807, 2.05) is 29.3 Å². The van der Waals surface area contributed by atoms with Gasteiger partial charge in [-0.15, -0.1) is 0 Å². The number of carbonyl (C=O) groups is 1. The number of pyridine rings is 1. The van der Waals surface area contributed by atoms with E-state index >= 15 is 0 Å². The van der Waals surface area contributed by atoms with Gasteiger partial charge in [0.2, 0.25) is 0 Å². The number of amides is 1. The summed E-state index contributed by atoms with van der Waals surface area (Å²) in [5, 5.41) is 3.31. The van der Waals surface area contributed by atoms with Gasteiger partial charge in [0.05, 0.1) is 0 Å². The van der Waals surface area contributed by atoms with Crippen LogP contribution in [0.5, 0.6) is 0 Å². The van der Waals surface area contributed by atoms with Crippen molar-refractivity contribution < 1.29 is 4.79 Å². The minimum absolute atomic E-state index is 0.162. The Hall–Kier alpha value is -2.36. The lowest BCUT2D eigenvalue weighted by atomic mass is 9.98. The van der Waals surface area contributed by atoms with Gasteiger partial charge in [-0.1, -0.05) is 12.1 Å². The highest BCUT2D eigenvalue weighted by molar-refractivity contribution is 5.95. The summed E-state index contributed by atoms with van der Waals surface area (Å²) in [6.07, 6.45) is 6.30. The van der Waals surface area contributed by atoms with Crippen LogP contribution in [0.4, 0.5) is 5.82 Å². The van der Waals surface area contributed by atoms with Crippen molar-refractivity contribution in [1.82, 2.24) is 9.88 Å². The van der Waals surface area contributed by atoms with Gasteiger partial charge < -0.3 is 10.2 Å². The standard InChI is InChI=1S/C19H21N3O/c23-19(22-11-2-1-3-12-22)15-6-4-5-14(13-15)16-7-9-20-18-17(16)8-10-21-18/h4-7,9,13H,1-3,8,10-12H2,(H,20,21). The van der Waals surface area contributed by atoms with Crippen molar-refractivity contribution in [2.24, 2.45) is 0 Å². The molecule has 3 heterocycles. The van der Waals surface area contributed by atoms with E-state index in [1.54, 1.807) is 0 Å². The number of fused-ring (bicyclic) bond motifs is 1. The van der Waals surface area contributed by atoms with E-state index in [0.29, 0.717) is 0 Å². The zero-order valence-corrected chi connectivity index (χ0v) is 13.2. The number of hydrogen-bond acceptors (Lipinski definition) is 3. The van der Waals surface area contributed by atoms with Gasteiger partial charge in [-0.05, 0) is 55.0 Å². The van der Waals surface area contributed by atoms with Crippen LogP contribution in [-0.2, 0) is 6.42 Å². The number of likely N-dealkylation sites (tertiary alicyclic amines) is 1. The third-order valence-electron chi connectivity index (χ3n) is 4.79. The number of nitrogens with one attached hydrogen (secondary N) is 1. The van der Waals surface area contributed by atoms with Crippen LogP contribution < -0.4 is 5.32 Å². The van der Waals surface area contributed by atoms with E-state index in [0.717, 1.165) is 55.8 Å². The average Bonchev–Trinajstić information content (AvgIpc) is 3.10. The number of benzene rings is 1. The number of rotatable bonds is 2. The molecule has 23 heavy (non-hydrogen) atoms. The molecule has 0 atom stereocenters. The lowest BCUT2D eigenvalue weighted by Gasteiger charge is -2.26. The third-order valence-corrected chi connectivity index (χ3v) is 4.79. The first-order chi connectivity index (χ1) is 11.3. The number of carbonyl (C=O) groups excluding carboxylic acids is 1. The Morgan fingerprint density at radius 2 is 2.00 bits per heavy atom. The fourth-order valence-corrected chi connectivity index (χ4v) is 3.57. The predicted octanol–water partition coefficient (Wildman–Crippen LogP) is 3.34. The second-order valence-corrected chi connectivity index (χ2v) is 6.30. The molecule has 2 aliphatic heterocycles. The number of hydrogen-bond donors (Lipinski definition) is 1. The molecule has 1 N–H and O–H groups in total. The van der Waals surface area contributed by atoms with E-state index < -0.39 is 0 Å². The van der Waals surface area contributed by atoms with E-state index in [-0.39, 0.29) is 5.91 Å². The molecular weight excluding hydrogens is 286 g/mol. The number of aromatic nitrogens is 1. The maximum Gasteiger partial charge on any atom is 0.253 e. The molecule has 0 unspecified atom stereocenters. The van der Waals surface area contributed by atoms with Crippen LogP contribution >= 0.6 is 0 Å². The van der Waals surface area contributed by atoms with E-state index in [1.165, 1.54) is 17.5 Å². The fourth-order valence-electron chi connectivity index (χ4n) is 3.57. The molecule has 1 amide bonds. The van der Waals surface area contributed by atoms with Gasteiger partial charge >= 0.3 is 0 Å². The molecule has 0 radical (unpaired) electrons. The minimum atomic E-state index is 0.162. The predicted molar refractivity (Wildman–Crippen MR) is 91.6 cm³/mol. The Balaban J connectivity index is 1.67. The number of piperidine rings is 1. The summed E-state index contributed by atoms with van der Waals surface area (Å²) in [5.41, 5.74) is 4.35. The molecular formula is C19H21N3O. The summed E-state index contributed by atoms with van der Waals surface area (Å²) in [4.78, 5) is 19.1. The van der Waals surface area contributed by atoms with E-state index in [9.17, 15) is 4.79 Å². The smallest absolute Gasteiger partial charge is 0.253 e. The quantitative estimate of drug-likeness (QED) is 0.925. The largest absolute Gasteiger partial charge is 0.369 e. The first kappa shape index (κ1) is 14.2. The molecule has 0 spiro atoms. The molecule has 0 aliphatic carbocycles. The maximum absolute atomic E-state index is 12.7. The Kier molecular flexibility index (Phi) is 3.74. The SMILES string of the molecule is O=C(c1cccc(-c2ccnc3c2CCN3)c1)N1CCCCC1. The van der Waals surface area contributed by atoms with Crippen molar-refractivity contribution in [2.45, 2.75) is 25.7 Å². The molecule has 118 valence electrons. The highest BCUT2D eigenvalue weighted by Crippen LogP contribution is 2.31. The van der Waals surface area contributed by atoms with Crippen molar-refractivity contribution in [3.8, 4) is 11.1 Å². The minimum Gasteiger partial charge on any atom is -0.369 e. The molecule has 0 saturated carbocycles.